The molecule has 1 fully saturated rings. The van der Waals surface area contributed by atoms with Crippen molar-refractivity contribution in [3.8, 4) is 11.3 Å². The highest BCUT2D eigenvalue weighted by Crippen LogP contribution is 2.24. The van der Waals surface area contributed by atoms with Crippen LogP contribution in [0.25, 0.3) is 11.3 Å². The monoisotopic (exact) mass is 269 g/mol. The first-order valence-electron chi connectivity index (χ1n) is 7.63. The van der Waals surface area contributed by atoms with Crippen molar-refractivity contribution >= 4 is 0 Å². The van der Waals surface area contributed by atoms with E-state index in [1.807, 2.05) is 6.07 Å². The molecule has 1 aliphatic rings. The van der Waals surface area contributed by atoms with Gasteiger partial charge in [-0.05, 0) is 36.0 Å². The van der Waals surface area contributed by atoms with E-state index in [0.717, 1.165) is 18.2 Å². The predicted octanol–water partition coefficient (Wildman–Crippen LogP) is 3.75. The van der Waals surface area contributed by atoms with Gasteiger partial charge in [0.25, 0.3) is 0 Å². The molecule has 2 atom stereocenters. The topological polar surface area (TPSA) is 40.7 Å². The summed E-state index contributed by atoms with van der Waals surface area (Å²) in [4.78, 5) is 0. The molecule has 3 rings (SSSR count). The molecule has 1 aromatic heterocycles. The van der Waals surface area contributed by atoms with E-state index in [9.17, 15) is 0 Å². The zero-order valence-electron chi connectivity index (χ0n) is 12.1. The zero-order chi connectivity index (χ0) is 13.8. The van der Waals surface area contributed by atoms with Gasteiger partial charge < -0.3 is 5.32 Å². The maximum Gasteiger partial charge on any atom is 0.0650 e. The van der Waals surface area contributed by atoms with Gasteiger partial charge in [0.2, 0.25) is 0 Å². The molecule has 0 amide bonds. The van der Waals surface area contributed by atoms with Crippen LogP contribution in [-0.4, -0.2) is 16.2 Å². The Morgan fingerprint density at radius 3 is 2.75 bits per heavy atom. The molecule has 2 N–H and O–H groups in total. The maximum atomic E-state index is 3.99. The first-order valence-corrected chi connectivity index (χ1v) is 7.63. The molecule has 20 heavy (non-hydrogen) atoms. The van der Waals surface area contributed by atoms with Crippen LogP contribution in [0.15, 0.2) is 36.5 Å². The molecule has 106 valence electrons. The third-order valence-corrected chi connectivity index (χ3v) is 4.30. The SMILES string of the molecule is CC1CCCC(NCc2ccc(-c3ccn[nH]3)cc2)C1. The summed E-state index contributed by atoms with van der Waals surface area (Å²) >= 11 is 0. The number of rotatable bonds is 4. The molecule has 3 heteroatoms. The minimum absolute atomic E-state index is 0.700. The Morgan fingerprint density at radius 1 is 1.20 bits per heavy atom. The summed E-state index contributed by atoms with van der Waals surface area (Å²) < 4.78 is 0. The largest absolute Gasteiger partial charge is 0.310 e. The fourth-order valence-corrected chi connectivity index (χ4v) is 3.10. The van der Waals surface area contributed by atoms with Crippen LogP contribution in [0.2, 0.25) is 0 Å². The number of H-pyrrole nitrogens is 1. The Morgan fingerprint density at radius 2 is 2.05 bits per heavy atom. The fourth-order valence-electron chi connectivity index (χ4n) is 3.10. The maximum absolute atomic E-state index is 3.99. The molecule has 0 aliphatic heterocycles. The lowest BCUT2D eigenvalue weighted by Gasteiger charge is -2.27. The van der Waals surface area contributed by atoms with Crippen LogP contribution in [0.3, 0.4) is 0 Å². The van der Waals surface area contributed by atoms with Crippen molar-refractivity contribution in [2.75, 3.05) is 0 Å². The highest BCUT2D eigenvalue weighted by molar-refractivity contribution is 5.58. The molecule has 0 radical (unpaired) electrons. The Bertz CT molecular complexity index is 516. The molecule has 2 aromatic rings. The van der Waals surface area contributed by atoms with Crippen molar-refractivity contribution < 1.29 is 0 Å². The van der Waals surface area contributed by atoms with E-state index in [1.54, 1.807) is 6.20 Å². The third-order valence-electron chi connectivity index (χ3n) is 4.30. The summed E-state index contributed by atoms with van der Waals surface area (Å²) in [5.41, 5.74) is 3.62. The molecule has 0 saturated heterocycles. The Hall–Kier alpha value is -1.61. The number of aromatic nitrogens is 2. The van der Waals surface area contributed by atoms with E-state index in [1.165, 1.54) is 36.8 Å². The van der Waals surface area contributed by atoms with Crippen LogP contribution >= 0.6 is 0 Å². The van der Waals surface area contributed by atoms with Gasteiger partial charge in [0.1, 0.15) is 0 Å². The summed E-state index contributed by atoms with van der Waals surface area (Å²) in [6, 6.07) is 11.4. The van der Waals surface area contributed by atoms with Crippen molar-refractivity contribution in [2.24, 2.45) is 5.92 Å². The predicted molar refractivity (Wildman–Crippen MR) is 82.3 cm³/mol. The van der Waals surface area contributed by atoms with Crippen LogP contribution in [0.4, 0.5) is 0 Å². The summed E-state index contributed by atoms with van der Waals surface area (Å²) in [5.74, 6) is 0.879. The van der Waals surface area contributed by atoms with Crippen LogP contribution in [0.5, 0.6) is 0 Å². The van der Waals surface area contributed by atoms with Crippen LogP contribution < -0.4 is 5.32 Å². The number of aromatic amines is 1. The Labute approximate surface area is 120 Å². The van der Waals surface area contributed by atoms with Gasteiger partial charge >= 0.3 is 0 Å². The van der Waals surface area contributed by atoms with Crippen LogP contribution in [0, 0.1) is 5.92 Å². The average Bonchev–Trinajstić information content (AvgIpc) is 3.00. The van der Waals surface area contributed by atoms with Crippen LogP contribution in [0.1, 0.15) is 38.2 Å². The van der Waals surface area contributed by atoms with Crippen molar-refractivity contribution in [1.29, 1.82) is 0 Å². The Balaban J connectivity index is 1.56. The van der Waals surface area contributed by atoms with Gasteiger partial charge in [-0.1, -0.05) is 44.0 Å². The van der Waals surface area contributed by atoms with Crippen molar-refractivity contribution in [3.63, 3.8) is 0 Å². The van der Waals surface area contributed by atoms with Crippen molar-refractivity contribution in [2.45, 2.75) is 45.2 Å². The second kappa shape index (κ2) is 6.23. The average molecular weight is 269 g/mol. The van der Waals surface area contributed by atoms with Crippen molar-refractivity contribution in [1.82, 2.24) is 15.5 Å². The molecule has 0 spiro atoms. The lowest BCUT2D eigenvalue weighted by Crippen LogP contribution is -2.33. The molecular weight excluding hydrogens is 246 g/mol. The van der Waals surface area contributed by atoms with Crippen LogP contribution in [-0.2, 0) is 6.54 Å². The fraction of sp³-hybridized carbons (Fsp3) is 0.471. The summed E-state index contributed by atoms with van der Waals surface area (Å²) in [5, 5.41) is 10.7. The van der Waals surface area contributed by atoms with Crippen molar-refractivity contribution in [3.05, 3.63) is 42.1 Å². The number of nitrogens with zero attached hydrogens (tertiary/aromatic N) is 1. The molecule has 1 aromatic carbocycles. The first kappa shape index (κ1) is 13.4. The molecular formula is C17H23N3. The Kier molecular flexibility index (Phi) is 4.16. The summed E-state index contributed by atoms with van der Waals surface area (Å²) in [7, 11) is 0. The zero-order valence-corrected chi connectivity index (χ0v) is 12.1. The highest BCUT2D eigenvalue weighted by Gasteiger charge is 2.17. The molecule has 2 unspecified atom stereocenters. The van der Waals surface area contributed by atoms with Gasteiger partial charge in [-0.15, -0.1) is 0 Å². The van der Waals surface area contributed by atoms with Gasteiger partial charge in [0, 0.05) is 18.8 Å². The lowest BCUT2D eigenvalue weighted by molar-refractivity contribution is 0.300. The summed E-state index contributed by atoms with van der Waals surface area (Å²) in [6.07, 6.45) is 7.21. The molecule has 1 heterocycles. The minimum atomic E-state index is 0.700. The third kappa shape index (κ3) is 3.28. The molecule has 1 saturated carbocycles. The van der Waals surface area contributed by atoms with E-state index < -0.39 is 0 Å². The lowest BCUT2D eigenvalue weighted by atomic mass is 9.87. The standard InChI is InChI=1S/C17H23N3/c1-13-3-2-4-16(11-13)18-12-14-5-7-15(8-6-14)17-9-10-19-20-17/h5-10,13,16,18H,2-4,11-12H2,1H3,(H,19,20). The number of hydrogen-bond acceptors (Lipinski definition) is 2. The smallest absolute Gasteiger partial charge is 0.0650 e. The van der Waals surface area contributed by atoms with Gasteiger partial charge in [-0.3, -0.25) is 5.10 Å². The van der Waals surface area contributed by atoms with E-state index in [-0.39, 0.29) is 0 Å². The molecule has 3 nitrogen and oxygen atoms in total. The van der Waals surface area contributed by atoms with Gasteiger partial charge in [-0.25, -0.2) is 0 Å². The number of nitrogens with one attached hydrogen (secondary N) is 2. The first-order chi connectivity index (χ1) is 9.81. The number of benzene rings is 1. The van der Waals surface area contributed by atoms with Gasteiger partial charge in [0.15, 0.2) is 0 Å². The quantitative estimate of drug-likeness (QED) is 0.887. The normalized spacial score (nSPS) is 22.9. The van der Waals surface area contributed by atoms with Gasteiger partial charge in [-0.2, -0.15) is 5.10 Å². The van der Waals surface area contributed by atoms with Gasteiger partial charge in [0.05, 0.1) is 5.69 Å². The summed E-state index contributed by atoms with van der Waals surface area (Å²) in [6.45, 7) is 3.34. The van der Waals surface area contributed by atoms with E-state index in [4.69, 9.17) is 0 Å². The highest BCUT2D eigenvalue weighted by atomic mass is 15.1. The van der Waals surface area contributed by atoms with E-state index in [0.29, 0.717) is 6.04 Å². The number of hydrogen-bond donors (Lipinski definition) is 2. The second-order valence-corrected chi connectivity index (χ2v) is 6.02. The van der Waals surface area contributed by atoms with E-state index >= 15 is 0 Å². The minimum Gasteiger partial charge on any atom is -0.310 e. The second-order valence-electron chi connectivity index (χ2n) is 6.02. The molecule has 1 aliphatic carbocycles. The molecule has 0 bridgehead atoms. The van der Waals surface area contributed by atoms with E-state index in [2.05, 4.69) is 46.7 Å².